The highest BCUT2D eigenvalue weighted by Gasteiger charge is 2.45. The SMILES string of the molecule is Cc1cc(C)cc(OCC(=O)NNC(=O)C2CC2c2ccccc2F)c1. The summed E-state index contributed by atoms with van der Waals surface area (Å²) in [5.74, 6) is -0.949. The Morgan fingerprint density at radius 2 is 1.81 bits per heavy atom. The van der Waals surface area contributed by atoms with E-state index in [1.54, 1.807) is 18.2 Å². The van der Waals surface area contributed by atoms with Crippen LogP contribution < -0.4 is 15.6 Å². The lowest BCUT2D eigenvalue weighted by Crippen LogP contribution is -2.44. The molecule has 3 rings (SSSR count). The lowest BCUT2D eigenvalue weighted by atomic mass is 10.1. The Bertz CT molecular complexity index is 817. The minimum absolute atomic E-state index is 0.139. The van der Waals surface area contributed by atoms with Crippen molar-refractivity contribution in [2.24, 2.45) is 5.92 Å². The maximum absolute atomic E-state index is 13.7. The van der Waals surface area contributed by atoms with Gasteiger partial charge in [-0.1, -0.05) is 24.3 Å². The number of benzene rings is 2. The fraction of sp³-hybridized carbons (Fsp3) is 0.300. The number of hydrogen-bond donors (Lipinski definition) is 2. The van der Waals surface area contributed by atoms with Crippen LogP contribution in [0.2, 0.25) is 0 Å². The van der Waals surface area contributed by atoms with E-state index < -0.39 is 5.91 Å². The number of nitrogens with one attached hydrogen (secondary N) is 2. The fourth-order valence-corrected chi connectivity index (χ4v) is 3.03. The smallest absolute Gasteiger partial charge is 0.276 e. The summed E-state index contributed by atoms with van der Waals surface area (Å²) < 4.78 is 19.2. The lowest BCUT2D eigenvalue weighted by molar-refractivity contribution is -0.130. The van der Waals surface area contributed by atoms with E-state index in [9.17, 15) is 14.0 Å². The first-order chi connectivity index (χ1) is 12.4. The fourth-order valence-electron chi connectivity index (χ4n) is 3.03. The molecule has 0 aromatic heterocycles. The number of hydrogen-bond acceptors (Lipinski definition) is 3. The van der Waals surface area contributed by atoms with E-state index in [0.717, 1.165) is 11.1 Å². The van der Waals surface area contributed by atoms with Crippen LogP contribution in [0.15, 0.2) is 42.5 Å². The molecule has 136 valence electrons. The molecule has 26 heavy (non-hydrogen) atoms. The summed E-state index contributed by atoms with van der Waals surface area (Å²) in [5.41, 5.74) is 7.34. The molecule has 0 heterocycles. The van der Waals surface area contributed by atoms with Crippen molar-refractivity contribution in [2.75, 3.05) is 6.61 Å². The zero-order valence-electron chi connectivity index (χ0n) is 14.7. The Morgan fingerprint density at radius 1 is 1.12 bits per heavy atom. The summed E-state index contributed by atoms with van der Waals surface area (Å²) in [4.78, 5) is 23.9. The highest BCUT2D eigenvalue weighted by atomic mass is 19.1. The Morgan fingerprint density at radius 3 is 2.50 bits per heavy atom. The van der Waals surface area contributed by atoms with Crippen molar-refractivity contribution >= 4 is 11.8 Å². The zero-order chi connectivity index (χ0) is 18.7. The molecule has 2 unspecified atom stereocenters. The maximum Gasteiger partial charge on any atom is 0.276 e. The largest absolute Gasteiger partial charge is 0.484 e. The summed E-state index contributed by atoms with van der Waals surface area (Å²) in [6.45, 7) is 3.69. The molecule has 2 aromatic rings. The highest BCUT2D eigenvalue weighted by Crippen LogP contribution is 2.48. The third-order valence-corrected chi connectivity index (χ3v) is 4.32. The molecule has 1 fully saturated rings. The lowest BCUT2D eigenvalue weighted by Gasteiger charge is -2.10. The molecular weight excluding hydrogens is 335 g/mol. The predicted molar refractivity (Wildman–Crippen MR) is 94.9 cm³/mol. The van der Waals surface area contributed by atoms with E-state index in [1.807, 2.05) is 32.0 Å². The number of carbonyl (C=O) groups excluding carboxylic acids is 2. The molecule has 2 N–H and O–H groups in total. The van der Waals surface area contributed by atoms with Crippen molar-refractivity contribution in [3.8, 4) is 5.75 Å². The minimum atomic E-state index is -0.458. The topological polar surface area (TPSA) is 67.4 Å². The Hall–Kier alpha value is -2.89. The van der Waals surface area contributed by atoms with E-state index in [-0.39, 0.29) is 30.2 Å². The third-order valence-electron chi connectivity index (χ3n) is 4.32. The summed E-state index contributed by atoms with van der Waals surface area (Å²) in [6.07, 6.45) is 0.571. The number of aryl methyl sites for hydroxylation is 2. The average Bonchev–Trinajstić information content (AvgIpc) is 3.38. The van der Waals surface area contributed by atoms with Crippen LogP contribution in [-0.2, 0) is 9.59 Å². The van der Waals surface area contributed by atoms with Gasteiger partial charge in [-0.3, -0.25) is 20.4 Å². The molecule has 1 saturated carbocycles. The third kappa shape index (κ3) is 4.39. The van der Waals surface area contributed by atoms with Gasteiger partial charge in [-0.25, -0.2) is 4.39 Å². The predicted octanol–water partition coefficient (Wildman–Crippen LogP) is 2.77. The Balaban J connectivity index is 1.43. The number of rotatable bonds is 5. The Labute approximate surface area is 151 Å². The summed E-state index contributed by atoms with van der Waals surface area (Å²) in [6, 6.07) is 12.1. The first-order valence-corrected chi connectivity index (χ1v) is 8.48. The normalized spacial score (nSPS) is 18.1. The van der Waals surface area contributed by atoms with Gasteiger partial charge in [0.15, 0.2) is 6.61 Å². The highest BCUT2D eigenvalue weighted by molar-refractivity contribution is 5.86. The van der Waals surface area contributed by atoms with Gasteiger partial charge in [-0.15, -0.1) is 0 Å². The van der Waals surface area contributed by atoms with Gasteiger partial charge >= 0.3 is 0 Å². The van der Waals surface area contributed by atoms with Crippen molar-refractivity contribution in [1.82, 2.24) is 10.9 Å². The molecule has 2 amide bonds. The first-order valence-electron chi connectivity index (χ1n) is 8.48. The van der Waals surface area contributed by atoms with Crippen LogP contribution in [0.25, 0.3) is 0 Å². The van der Waals surface area contributed by atoms with E-state index in [1.165, 1.54) is 6.07 Å². The molecule has 0 aliphatic heterocycles. The van der Waals surface area contributed by atoms with Crippen molar-refractivity contribution in [1.29, 1.82) is 0 Å². The van der Waals surface area contributed by atoms with Gasteiger partial charge in [0, 0.05) is 5.92 Å². The first kappa shape index (κ1) is 17.9. The Kier molecular flexibility index (Phi) is 5.21. The molecule has 2 atom stereocenters. The second-order valence-corrected chi connectivity index (χ2v) is 6.62. The number of halogens is 1. The van der Waals surface area contributed by atoms with Crippen LogP contribution in [0.5, 0.6) is 5.75 Å². The molecular formula is C20H21FN2O3. The second-order valence-electron chi connectivity index (χ2n) is 6.62. The standard InChI is InChI=1S/C20H21FN2O3/c1-12-7-13(2)9-14(8-12)26-11-19(24)22-23-20(25)17-10-16(17)15-5-3-4-6-18(15)21/h3-9,16-17H,10-11H2,1-2H3,(H,22,24)(H,23,25). The molecule has 0 saturated heterocycles. The molecule has 0 spiro atoms. The van der Waals surface area contributed by atoms with Crippen LogP contribution in [0.4, 0.5) is 4.39 Å². The summed E-state index contributed by atoms with van der Waals surface area (Å²) in [5, 5.41) is 0. The monoisotopic (exact) mass is 356 g/mol. The molecule has 5 nitrogen and oxygen atoms in total. The van der Waals surface area contributed by atoms with Crippen LogP contribution >= 0.6 is 0 Å². The average molecular weight is 356 g/mol. The van der Waals surface area contributed by atoms with E-state index in [0.29, 0.717) is 17.7 Å². The van der Waals surface area contributed by atoms with Gasteiger partial charge in [0.2, 0.25) is 5.91 Å². The van der Waals surface area contributed by atoms with Crippen molar-refractivity contribution in [3.05, 3.63) is 65.0 Å². The van der Waals surface area contributed by atoms with E-state index in [4.69, 9.17) is 4.74 Å². The second kappa shape index (κ2) is 7.56. The number of amides is 2. The van der Waals surface area contributed by atoms with Crippen LogP contribution in [0.1, 0.15) is 29.0 Å². The van der Waals surface area contributed by atoms with Gasteiger partial charge in [0.05, 0.1) is 0 Å². The van der Waals surface area contributed by atoms with Gasteiger partial charge in [0.1, 0.15) is 11.6 Å². The van der Waals surface area contributed by atoms with Crippen molar-refractivity contribution < 1.29 is 18.7 Å². The number of hydrazine groups is 1. The van der Waals surface area contributed by atoms with E-state index in [2.05, 4.69) is 10.9 Å². The summed E-state index contributed by atoms with van der Waals surface area (Å²) >= 11 is 0. The van der Waals surface area contributed by atoms with Gasteiger partial charge in [0.25, 0.3) is 5.91 Å². The minimum Gasteiger partial charge on any atom is -0.484 e. The van der Waals surface area contributed by atoms with Crippen LogP contribution in [-0.4, -0.2) is 18.4 Å². The van der Waals surface area contributed by atoms with Crippen molar-refractivity contribution in [3.63, 3.8) is 0 Å². The molecule has 0 bridgehead atoms. The molecule has 1 aliphatic rings. The summed E-state index contributed by atoms with van der Waals surface area (Å²) in [7, 11) is 0. The quantitative estimate of drug-likeness (QED) is 0.810. The van der Waals surface area contributed by atoms with Gasteiger partial charge in [-0.05, 0) is 61.1 Å². The molecule has 6 heteroatoms. The van der Waals surface area contributed by atoms with Crippen LogP contribution in [0, 0.1) is 25.6 Å². The molecule has 1 aliphatic carbocycles. The van der Waals surface area contributed by atoms with E-state index >= 15 is 0 Å². The number of ether oxygens (including phenoxy) is 1. The van der Waals surface area contributed by atoms with Gasteiger partial charge < -0.3 is 4.74 Å². The van der Waals surface area contributed by atoms with Gasteiger partial charge in [-0.2, -0.15) is 0 Å². The van der Waals surface area contributed by atoms with Crippen molar-refractivity contribution in [2.45, 2.75) is 26.2 Å². The molecule has 2 aromatic carbocycles. The maximum atomic E-state index is 13.7. The zero-order valence-corrected chi connectivity index (χ0v) is 14.7. The number of carbonyl (C=O) groups is 2. The van der Waals surface area contributed by atoms with Crippen LogP contribution in [0.3, 0.4) is 0 Å². The molecule has 0 radical (unpaired) electrons.